The summed E-state index contributed by atoms with van der Waals surface area (Å²) in [4.78, 5) is 13.7. The Morgan fingerprint density at radius 2 is 1.62 bits per heavy atom. The van der Waals surface area contributed by atoms with Gasteiger partial charge in [0.15, 0.2) is 0 Å². The Balaban J connectivity index is 0.00000200. The molecule has 2 rings (SSSR count). The van der Waals surface area contributed by atoms with E-state index in [4.69, 9.17) is 5.73 Å². The molecule has 1 aromatic rings. The number of carbonyl (C=O) groups is 1. The van der Waals surface area contributed by atoms with E-state index in [9.17, 15) is 4.79 Å². The largest absolute Gasteiger partial charge is 0.325 e. The lowest BCUT2D eigenvalue weighted by molar-refractivity contribution is -0.114. The standard InChI is InChI=1S/C15H23N3O.2ClH/c16-11-15(19)17-14-7-5-13(6-8-14)12-18-9-3-1-2-4-10-18;;/h5-8H,1-4,9-12,16H2,(H,17,19);2*1H. The third-order valence-electron chi connectivity index (χ3n) is 3.53. The number of nitrogens with one attached hydrogen (secondary N) is 1. The Labute approximate surface area is 139 Å². The molecule has 0 unspecified atom stereocenters. The molecule has 1 saturated heterocycles. The van der Waals surface area contributed by atoms with E-state index < -0.39 is 0 Å². The van der Waals surface area contributed by atoms with Crippen LogP contribution in [0.5, 0.6) is 0 Å². The fourth-order valence-corrected chi connectivity index (χ4v) is 2.46. The van der Waals surface area contributed by atoms with Crippen LogP contribution in [0.3, 0.4) is 0 Å². The maximum absolute atomic E-state index is 11.2. The first-order valence-electron chi connectivity index (χ1n) is 7.09. The van der Waals surface area contributed by atoms with E-state index in [0.29, 0.717) is 0 Å². The average Bonchev–Trinajstić information content (AvgIpc) is 2.69. The van der Waals surface area contributed by atoms with Crippen LogP contribution in [0.2, 0.25) is 0 Å². The molecular formula is C15H25Cl2N3O. The van der Waals surface area contributed by atoms with Crippen LogP contribution in [0.1, 0.15) is 31.2 Å². The number of carbonyl (C=O) groups excluding carboxylic acids is 1. The lowest BCUT2D eigenvalue weighted by atomic mass is 10.2. The first-order valence-corrected chi connectivity index (χ1v) is 7.09. The molecule has 0 aromatic heterocycles. The van der Waals surface area contributed by atoms with E-state index in [0.717, 1.165) is 12.2 Å². The first kappa shape index (κ1) is 20.2. The Bertz CT molecular complexity index is 404. The Kier molecular flexibility index (Phi) is 10.4. The van der Waals surface area contributed by atoms with E-state index in [1.54, 1.807) is 0 Å². The molecule has 0 radical (unpaired) electrons. The van der Waals surface area contributed by atoms with E-state index in [1.807, 2.05) is 12.1 Å². The Hall–Kier alpha value is -0.810. The van der Waals surface area contributed by atoms with Crippen LogP contribution in [0, 0.1) is 0 Å². The smallest absolute Gasteiger partial charge is 0.238 e. The number of hydrogen-bond acceptors (Lipinski definition) is 3. The quantitative estimate of drug-likeness (QED) is 0.890. The molecule has 0 bridgehead atoms. The van der Waals surface area contributed by atoms with Crippen LogP contribution in [-0.2, 0) is 11.3 Å². The second-order valence-electron chi connectivity index (χ2n) is 5.14. The van der Waals surface area contributed by atoms with Gasteiger partial charge in [0.05, 0.1) is 6.54 Å². The van der Waals surface area contributed by atoms with Gasteiger partial charge >= 0.3 is 0 Å². The molecule has 0 aliphatic carbocycles. The molecule has 1 amide bonds. The highest BCUT2D eigenvalue weighted by atomic mass is 35.5. The molecule has 6 heteroatoms. The van der Waals surface area contributed by atoms with Crippen LogP contribution in [0.25, 0.3) is 0 Å². The molecule has 1 aromatic carbocycles. The van der Waals surface area contributed by atoms with Crippen molar-refractivity contribution in [3.8, 4) is 0 Å². The van der Waals surface area contributed by atoms with Gasteiger partial charge in [0, 0.05) is 12.2 Å². The number of rotatable bonds is 4. The number of nitrogens with two attached hydrogens (primary N) is 1. The van der Waals surface area contributed by atoms with Crippen LogP contribution in [-0.4, -0.2) is 30.4 Å². The zero-order valence-electron chi connectivity index (χ0n) is 12.2. The van der Waals surface area contributed by atoms with Crippen molar-refractivity contribution >= 4 is 36.4 Å². The molecular weight excluding hydrogens is 309 g/mol. The summed E-state index contributed by atoms with van der Waals surface area (Å²) in [6, 6.07) is 8.05. The molecule has 1 fully saturated rings. The van der Waals surface area contributed by atoms with E-state index in [1.165, 1.54) is 44.3 Å². The predicted molar refractivity (Wildman–Crippen MR) is 92.4 cm³/mol. The van der Waals surface area contributed by atoms with Crippen molar-refractivity contribution in [1.29, 1.82) is 0 Å². The highest BCUT2D eigenvalue weighted by molar-refractivity contribution is 5.92. The minimum absolute atomic E-state index is 0. The molecule has 1 aliphatic rings. The summed E-state index contributed by atoms with van der Waals surface area (Å²) in [7, 11) is 0. The summed E-state index contributed by atoms with van der Waals surface area (Å²) in [5, 5.41) is 2.75. The molecule has 4 nitrogen and oxygen atoms in total. The van der Waals surface area contributed by atoms with Gasteiger partial charge in [0.2, 0.25) is 5.91 Å². The molecule has 0 saturated carbocycles. The van der Waals surface area contributed by atoms with Crippen molar-refractivity contribution in [3.05, 3.63) is 29.8 Å². The summed E-state index contributed by atoms with van der Waals surface area (Å²) >= 11 is 0. The van der Waals surface area contributed by atoms with Gasteiger partial charge < -0.3 is 11.1 Å². The van der Waals surface area contributed by atoms with E-state index in [-0.39, 0.29) is 37.3 Å². The number of likely N-dealkylation sites (tertiary alicyclic amines) is 1. The summed E-state index contributed by atoms with van der Waals surface area (Å²) in [5.74, 6) is -0.153. The van der Waals surface area contributed by atoms with Gasteiger partial charge in [-0.2, -0.15) is 0 Å². The number of nitrogens with zero attached hydrogens (tertiary/aromatic N) is 1. The van der Waals surface area contributed by atoms with Crippen molar-refractivity contribution in [3.63, 3.8) is 0 Å². The van der Waals surface area contributed by atoms with Crippen LogP contribution in [0.15, 0.2) is 24.3 Å². The zero-order chi connectivity index (χ0) is 13.5. The van der Waals surface area contributed by atoms with Crippen LogP contribution < -0.4 is 11.1 Å². The molecule has 3 N–H and O–H groups in total. The zero-order valence-corrected chi connectivity index (χ0v) is 13.8. The third-order valence-corrected chi connectivity index (χ3v) is 3.53. The van der Waals surface area contributed by atoms with Crippen LogP contribution in [0.4, 0.5) is 5.69 Å². The number of halogens is 2. The summed E-state index contributed by atoms with van der Waals surface area (Å²) in [6.45, 7) is 3.43. The molecule has 120 valence electrons. The topological polar surface area (TPSA) is 58.4 Å². The first-order chi connectivity index (χ1) is 9.28. The summed E-state index contributed by atoms with van der Waals surface area (Å²) in [6.07, 6.45) is 5.34. The number of amides is 1. The van der Waals surface area contributed by atoms with Gasteiger partial charge in [-0.05, 0) is 43.6 Å². The monoisotopic (exact) mass is 333 g/mol. The Morgan fingerprint density at radius 1 is 1.05 bits per heavy atom. The fraction of sp³-hybridized carbons (Fsp3) is 0.533. The molecule has 0 spiro atoms. The highest BCUT2D eigenvalue weighted by Gasteiger charge is 2.09. The fourth-order valence-electron chi connectivity index (χ4n) is 2.46. The van der Waals surface area contributed by atoms with E-state index >= 15 is 0 Å². The summed E-state index contributed by atoms with van der Waals surface area (Å²) < 4.78 is 0. The summed E-state index contributed by atoms with van der Waals surface area (Å²) in [5.41, 5.74) is 7.38. The van der Waals surface area contributed by atoms with Gasteiger partial charge in [-0.15, -0.1) is 24.8 Å². The maximum atomic E-state index is 11.2. The predicted octanol–water partition coefficient (Wildman–Crippen LogP) is 2.80. The second kappa shape index (κ2) is 10.9. The van der Waals surface area contributed by atoms with Crippen LogP contribution >= 0.6 is 24.8 Å². The van der Waals surface area contributed by atoms with E-state index in [2.05, 4.69) is 22.3 Å². The maximum Gasteiger partial charge on any atom is 0.238 e. The Morgan fingerprint density at radius 3 is 2.14 bits per heavy atom. The molecule has 0 atom stereocenters. The minimum Gasteiger partial charge on any atom is -0.325 e. The van der Waals surface area contributed by atoms with Gasteiger partial charge in [-0.1, -0.05) is 25.0 Å². The normalized spacial score (nSPS) is 15.3. The van der Waals surface area contributed by atoms with Gasteiger partial charge in [-0.3, -0.25) is 9.69 Å². The van der Waals surface area contributed by atoms with Gasteiger partial charge in [-0.25, -0.2) is 0 Å². The lowest BCUT2D eigenvalue weighted by Crippen LogP contribution is -2.24. The lowest BCUT2D eigenvalue weighted by Gasteiger charge is -2.19. The minimum atomic E-state index is -0.153. The van der Waals surface area contributed by atoms with Gasteiger partial charge in [0.1, 0.15) is 0 Å². The highest BCUT2D eigenvalue weighted by Crippen LogP contribution is 2.15. The molecule has 21 heavy (non-hydrogen) atoms. The number of benzene rings is 1. The SMILES string of the molecule is Cl.Cl.NCC(=O)Nc1ccc(CN2CCCCCC2)cc1. The van der Waals surface area contributed by atoms with Crippen molar-refractivity contribution in [2.24, 2.45) is 5.73 Å². The third kappa shape index (κ3) is 7.14. The van der Waals surface area contributed by atoms with Crippen molar-refractivity contribution in [1.82, 2.24) is 4.90 Å². The second-order valence-corrected chi connectivity index (χ2v) is 5.14. The van der Waals surface area contributed by atoms with Crippen molar-refractivity contribution in [2.45, 2.75) is 32.2 Å². The van der Waals surface area contributed by atoms with Crippen molar-refractivity contribution < 1.29 is 4.79 Å². The average molecular weight is 334 g/mol. The van der Waals surface area contributed by atoms with Gasteiger partial charge in [0.25, 0.3) is 0 Å². The number of anilines is 1. The molecule has 1 heterocycles. The van der Waals surface area contributed by atoms with Crippen molar-refractivity contribution in [2.75, 3.05) is 25.0 Å². The molecule has 1 aliphatic heterocycles. The number of hydrogen-bond donors (Lipinski definition) is 2.